The number of rotatable bonds is 7. The number of hydrogen-bond donors (Lipinski definition) is 1. The van der Waals surface area contributed by atoms with Crippen molar-refractivity contribution in [3.8, 4) is 22.6 Å². The lowest BCUT2D eigenvalue weighted by Gasteiger charge is -2.16. The van der Waals surface area contributed by atoms with Crippen molar-refractivity contribution in [2.75, 3.05) is 0 Å². The Morgan fingerprint density at radius 2 is 1.77 bits per heavy atom. The summed E-state index contributed by atoms with van der Waals surface area (Å²) in [6.45, 7) is 4.01. The molecule has 0 fully saturated rings. The summed E-state index contributed by atoms with van der Waals surface area (Å²) in [5.41, 5.74) is 2.29. The van der Waals surface area contributed by atoms with E-state index in [0.29, 0.717) is 22.5 Å². The summed E-state index contributed by atoms with van der Waals surface area (Å²) in [4.78, 5) is 16.8. The van der Waals surface area contributed by atoms with Crippen LogP contribution >= 0.6 is 0 Å². The molecular weight excluding hydrogens is 395 g/mol. The summed E-state index contributed by atoms with van der Waals surface area (Å²) in [5.74, 6) is -0.523. The van der Waals surface area contributed by atoms with Gasteiger partial charge in [0.25, 0.3) is 5.91 Å². The third-order valence-electron chi connectivity index (χ3n) is 4.72. The minimum Gasteiger partial charge on any atom is -0.406 e. The second-order valence-corrected chi connectivity index (χ2v) is 6.76. The molecule has 158 valence electrons. The van der Waals surface area contributed by atoms with Gasteiger partial charge in [0.1, 0.15) is 11.4 Å². The van der Waals surface area contributed by atoms with Gasteiger partial charge in [0, 0.05) is 11.7 Å². The number of carbonyl (C=O) groups is 1. The number of alkyl halides is 3. The van der Waals surface area contributed by atoms with E-state index in [-0.39, 0.29) is 17.7 Å². The molecule has 0 unspecified atom stereocenters. The number of amides is 1. The second-order valence-electron chi connectivity index (χ2n) is 6.76. The molecule has 8 heteroatoms. The minimum absolute atomic E-state index is 0.0727. The van der Waals surface area contributed by atoms with Crippen LogP contribution in [-0.2, 0) is 0 Å². The third-order valence-corrected chi connectivity index (χ3v) is 4.72. The lowest BCUT2D eigenvalue weighted by molar-refractivity contribution is -0.274. The van der Waals surface area contributed by atoms with Gasteiger partial charge in [-0.1, -0.05) is 38.1 Å². The lowest BCUT2D eigenvalue weighted by atomic mass is 10.0. The zero-order valence-corrected chi connectivity index (χ0v) is 16.6. The van der Waals surface area contributed by atoms with E-state index < -0.39 is 6.36 Å². The van der Waals surface area contributed by atoms with Crippen LogP contribution < -0.4 is 10.1 Å². The molecule has 1 heterocycles. The molecule has 0 saturated carbocycles. The maximum atomic E-state index is 12.7. The fourth-order valence-electron chi connectivity index (χ4n) is 3.13. The van der Waals surface area contributed by atoms with Gasteiger partial charge in [0.2, 0.25) is 0 Å². The summed E-state index contributed by atoms with van der Waals surface area (Å²) >= 11 is 0. The first-order valence-corrected chi connectivity index (χ1v) is 9.60. The van der Waals surface area contributed by atoms with Crippen molar-refractivity contribution in [2.45, 2.75) is 39.1 Å². The molecule has 1 amide bonds. The fraction of sp³-hybridized carbons (Fsp3) is 0.273. The molecule has 0 aliphatic heterocycles. The molecule has 3 rings (SSSR count). The first kappa shape index (κ1) is 21.4. The maximum absolute atomic E-state index is 12.7. The Morgan fingerprint density at radius 1 is 1.10 bits per heavy atom. The summed E-state index contributed by atoms with van der Waals surface area (Å²) in [6, 6.07) is 13.0. The number of nitrogens with one attached hydrogen (secondary N) is 1. The highest BCUT2D eigenvalue weighted by Gasteiger charge is 2.31. The maximum Gasteiger partial charge on any atom is 0.573 e. The highest BCUT2D eigenvalue weighted by molar-refractivity contribution is 5.93. The van der Waals surface area contributed by atoms with E-state index in [1.165, 1.54) is 30.7 Å². The molecule has 1 aromatic heterocycles. The Balaban J connectivity index is 1.90. The first-order chi connectivity index (χ1) is 14.3. The van der Waals surface area contributed by atoms with Crippen molar-refractivity contribution < 1.29 is 22.7 Å². The van der Waals surface area contributed by atoms with E-state index in [1.54, 1.807) is 34.9 Å². The quantitative estimate of drug-likeness (QED) is 0.563. The molecule has 0 aliphatic carbocycles. The highest BCUT2D eigenvalue weighted by Crippen LogP contribution is 2.29. The van der Waals surface area contributed by atoms with Crippen LogP contribution in [0.25, 0.3) is 16.8 Å². The molecule has 0 saturated heterocycles. The van der Waals surface area contributed by atoms with Gasteiger partial charge in [-0.15, -0.1) is 13.2 Å². The van der Waals surface area contributed by atoms with Crippen LogP contribution in [0.3, 0.4) is 0 Å². The van der Waals surface area contributed by atoms with Gasteiger partial charge in [-0.2, -0.15) is 0 Å². The standard InChI is InChI=1S/C22H22F3N3O2/c1-3-17(4-2)27-21(29)20-13-26-14-28(20)18-9-5-7-15(11-18)16-8-6-10-19(12-16)30-22(23,24)25/h5-14,17H,3-4H2,1-2H3,(H,27,29). The van der Waals surface area contributed by atoms with E-state index in [2.05, 4.69) is 15.0 Å². The number of nitrogens with zero attached hydrogens (tertiary/aromatic N) is 2. The van der Waals surface area contributed by atoms with Crippen LogP contribution in [0.2, 0.25) is 0 Å². The molecule has 0 bridgehead atoms. The lowest BCUT2D eigenvalue weighted by Crippen LogP contribution is -2.34. The van der Waals surface area contributed by atoms with Gasteiger partial charge < -0.3 is 10.1 Å². The second kappa shape index (κ2) is 9.02. The number of aromatic nitrogens is 2. The molecular formula is C22H22F3N3O2. The zero-order chi connectivity index (χ0) is 21.7. The van der Waals surface area contributed by atoms with Crippen LogP contribution in [0.5, 0.6) is 5.75 Å². The van der Waals surface area contributed by atoms with Crippen LogP contribution in [0.4, 0.5) is 13.2 Å². The number of imidazole rings is 1. The summed E-state index contributed by atoms with van der Waals surface area (Å²) in [5, 5.41) is 2.98. The highest BCUT2D eigenvalue weighted by atomic mass is 19.4. The zero-order valence-electron chi connectivity index (χ0n) is 16.6. The van der Waals surface area contributed by atoms with Gasteiger partial charge >= 0.3 is 6.36 Å². The first-order valence-electron chi connectivity index (χ1n) is 9.60. The van der Waals surface area contributed by atoms with Gasteiger partial charge in [-0.3, -0.25) is 9.36 Å². The van der Waals surface area contributed by atoms with Crippen molar-refractivity contribution >= 4 is 5.91 Å². The van der Waals surface area contributed by atoms with E-state index in [9.17, 15) is 18.0 Å². The SMILES string of the molecule is CCC(CC)NC(=O)c1cncn1-c1cccc(-c2cccc(OC(F)(F)F)c2)c1. The van der Waals surface area contributed by atoms with E-state index in [1.807, 2.05) is 13.8 Å². The van der Waals surface area contributed by atoms with E-state index in [0.717, 1.165) is 12.8 Å². The molecule has 2 aromatic carbocycles. The molecule has 0 atom stereocenters. The number of hydrogen-bond acceptors (Lipinski definition) is 3. The largest absolute Gasteiger partial charge is 0.573 e. The van der Waals surface area contributed by atoms with E-state index >= 15 is 0 Å². The molecule has 3 aromatic rings. The molecule has 0 spiro atoms. The Bertz CT molecular complexity index is 1010. The van der Waals surface area contributed by atoms with Gasteiger partial charge in [-0.25, -0.2) is 4.98 Å². The summed E-state index contributed by atoms with van der Waals surface area (Å²) in [7, 11) is 0. The third kappa shape index (κ3) is 5.20. The monoisotopic (exact) mass is 417 g/mol. The van der Waals surface area contributed by atoms with Crippen LogP contribution in [0.1, 0.15) is 37.2 Å². The Morgan fingerprint density at radius 3 is 2.43 bits per heavy atom. The predicted octanol–water partition coefficient (Wildman–Crippen LogP) is 5.36. The number of benzene rings is 2. The van der Waals surface area contributed by atoms with Gasteiger partial charge in [0.05, 0.1) is 12.5 Å². The number of carbonyl (C=O) groups excluding carboxylic acids is 1. The van der Waals surface area contributed by atoms with Crippen molar-refractivity contribution in [3.63, 3.8) is 0 Å². The molecule has 5 nitrogen and oxygen atoms in total. The normalized spacial score (nSPS) is 11.5. The molecule has 30 heavy (non-hydrogen) atoms. The Hall–Kier alpha value is -3.29. The van der Waals surface area contributed by atoms with Crippen LogP contribution in [0.15, 0.2) is 61.1 Å². The molecule has 0 aliphatic rings. The Labute approximate surface area is 172 Å². The average Bonchev–Trinajstić information content (AvgIpc) is 3.21. The smallest absolute Gasteiger partial charge is 0.406 e. The Kier molecular flexibility index (Phi) is 6.44. The van der Waals surface area contributed by atoms with Crippen LogP contribution in [-0.4, -0.2) is 27.9 Å². The van der Waals surface area contributed by atoms with E-state index in [4.69, 9.17) is 0 Å². The van der Waals surface area contributed by atoms with Crippen LogP contribution in [0, 0.1) is 0 Å². The molecule has 1 N–H and O–H groups in total. The molecule has 0 radical (unpaired) electrons. The van der Waals surface area contributed by atoms with Crippen molar-refractivity contribution in [3.05, 3.63) is 66.7 Å². The predicted molar refractivity (Wildman–Crippen MR) is 108 cm³/mol. The van der Waals surface area contributed by atoms with Gasteiger partial charge in [-0.05, 0) is 48.2 Å². The van der Waals surface area contributed by atoms with Gasteiger partial charge in [0.15, 0.2) is 0 Å². The van der Waals surface area contributed by atoms with Crippen molar-refractivity contribution in [1.29, 1.82) is 0 Å². The topological polar surface area (TPSA) is 56.2 Å². The summed E-state index contributed by atoms with van der Waals surface area (Å²) < 4.78 is 43.2. The van der Waals surface area contributed by atoms with Crippen molar-refractivity contribution in [1.82, 2.24) is 14.9 Å². The fourth-order valence-corrected chi connectivity index (χ4v) is 3.13. The number of ether oxygens (including phenoxy) is 1. The summed E-state index contributed by atoms with van der Waals surface area (Å²) in [6.07, 6.45) is -0.0922. The average molecular weight is 417 g/mol. The number of halogens is 3. The minimum atomic E-state index is -4.76. The van der Waals surface area contributed by atoms with Crippen molar-refractivity contribution in [2.24, 2.45) is 0 Å².